The van der Waals surface area contributed by atoms with Gasteiger partial charge in [0.15, 0.2) is 0 Å². The van der Waals surface area contributed by atoms with Crippen LogP contribution in [0.5, 0.6) is 0 Å². The van der Waals surface area contributed by atoms with Crippen molar-refractivity contribution in [2.75, 3.05) is 6.61 Å². The summed E-state index contributed by atoms with van der Waals surface area (Å²) in [5.41, 5.74) is 0. The fourth-order valence-corrected chi connectivity index (χ4v) is 0.158. The van der Waals surface area contributed by atoms with E-state index in [1.54, 1.807) is 0 Å². The molecule has 0 aliphatic carbocycles. The minimum absolute atomic E-state index is 0.344. The van der Waals surface area contributed by atoms with Crippen molar-refractivity contribution in [3.05, 3.63) is 0 Å². The second-order valence-corrected chi connectivity index (χ2v) is 2.81. The number of aliphatic hydroxyl groups excluding tert-OH is 1. The lowest BCUT2D eigenvalue weighted by atomic mass is 10.3. The van der Waals surface area contributed by atoms with Crippen LogP contribution in [0.4, 0.5) is 0 Å². The second kappa shape index (κ2) is 10.9. The predicted octanol–water partition coefficient (Wildman–Crippen LogP) is 2.44. The minimum atomic E-state index is 0.344. The van der Waals surface area contributed by atoms with Gasteiger partial charge in [-0.05, 0) is 12.3 Å². The van der Waals surface area contributed by atoms with Crippen LogP contribution in [0.1, 0.15) is 40.5 Å². The number of hydrogen-bond donors (Lipinski definition) is 1. The molecule has 0 rings (SSSR count). The van der Waals surface area contributed by atoms with E-state index in [-0.39, 0.29) is 0 Å². The lowest BCUT2D eigenvalue weighted by molar-refractivity contribution is 0.287. The third-order valence-corrected chi connectivity index (χ3v) is 0.512. The molecule has 0 atom stereocenters. The summed E-state index contributed by atoms with van der Waals surface area (Å²) >= 11 is 0. The molecule has 0 aromatic rings. The van der Waals surface area contributed by atoms with Crippen molar-refractivity contribution in [1.82, 2.24) is 0 Å². The lowest BCUT2D eigenvalue weighted by Crippen LogP contribution is -1.75. The molecule has 0 saturated carbocycles. The van der Waals surface area contributed by atoms with Crippen LogP contribution in [0.25, 0.3) is 0 Å². The van der Waals surface area contributed by atoms with Gasteiger partial charge >= 0.3 is 0 Å². The van der Waals surface area contributed by atoms with Crippen LogP contribution in [0.3, 0.4) is 0 Å². The van der Waals surface area contributed by atoms with Crippen LogP contribution in [0.15, 0.2) is 0 Å². The smallest absolute Gasteiger partial charge is 0.0430 e. The van der Waals surface area contributed by atoms with E-state index in [0.717, 1.165) is 18.8 Å². The highest BCUT2D eigenvalue weighted by atomic mass is 16.2. The zero-order chi connectivity index (χ0) is 7.70. The summed E-state index contributed by atoms with van der Waals surface area (Å²) in [6.07, 6.45) is 2.04. The number of aliphatic hydroxyl groups is 1. The van der Waals surface area contributed by atoms with Crippen LogP contribution < -0.4 is 0 Å². The zero-order valence-corrected chi connectivity index (χ0v) is 7.15. The number of rotatable bonds is 2. The van der Waals surface area contributed by atoms with Crippen LogP contribution >= 0.6 is 0 Å². The van der Waals surface area contributed by atoms with Gasteiger partial charge in [-0.25, -0.2) is 0 Å². The Morgan fingerprint density at radius 2 is 1.56 bits per heavy atom. The van der Waals surface area contributed by atoms with E-state index < -0.39 is 0 Å². The van der Waals surface area contributed by atoms with Crippen LogP contribution in [0.2, 0.25) is 0 Å². The standard InChI is InChI=1S/C4H10O.C4H10/c1-2-3-4-5;1-4(2)3/h5H,2-4H2,1H3;4H,1-3H3. The van der Waals surface area contributed by atoms with Gasteiger partial charge in [0.25, 0.3) is 0 Å². The fraction of sp³-hybridized carbons (Fsp3) is 1.00. The quantitative estimate of drug-likeness (QED) is 0.612. The summed E-state index contributed by atoms with van der Waals surface area (Å²) < 4.78 is 0. The molecule has 9 heavy (non-hydrogen) atoms. The van der Waals surface area contributed by atoms with Gasteiger partial charge in [0.1, 0.15) is 0 Å². The molecule has 1 nitrogen and oxygen atoms in total. The van der Waals surface area contributed by atoms with E-state index in [1.165, 1.54) is 0 Å². The summed E-state index contributed by atoms with van der Waals surface area (Å²) in [7, 11) is 0. The van der Waals surface area contributed by atoms with Gasteiger partial charge in [-0.15, -0.1) is 0 Å². The highest BCUT2D eigenvalue weighted by Crippen LogP contribution is 1.81. The highest BCUT2D eigenvalue weighted by Gasteiger charge is 1.69. The Morgan fingerprint density at radius 3 is 1.56 bits per heavy atom. The molecular weight excluding hydrogens is 112 g/mol. The Morgan fingerprint density at radius 1 is 1.22 bits per heavy atom. The van der Waals surface area contributed by atoms with E-state index in [4.69, 9.17) is 5.11 Å². The van der Waals surface area contributed by atoms with E-state index in [9.17, 15) is 0 Å². The SMILES string of the molecule is CC(C)C.CCCCO. The van der Waals surface area contributed by atoms with Gasteiger partial charge in [0.05, 0.1) is 0 Å². The van der Waals surface area contributed by atoms with E-state index >= 15 is 0 Å². The summed E-state index contributed by atoms with van der Waals surface area (Å²) in [5, 5.41) is 8.07. The molecule has 0 saturated heterocycles. The minimum Gasteiger partial charge on any atom is -0.396 e. The topological polar surface area (TPSA) is 20.2 Å². The number of unbranched alkanes of at least 4 members (excludes halogenated alkanes) is 1. The lowest BCUT2D eigenvalue weighted by Gasteiger charge is -1.79. The van der Waals surface area contributed by atoms with E-state index in [1.807, 2.05) is 0 Å². The molecule has 1 heteroatoms. The van der Waals surface area contributed by atoms with Gasteiger partial charge in [-0.1, -0.05) is 34.1 Å². The normalized spacial score (nSPS) is 8.67. The first-order chi connectivity index (χ1) is 4.15. The first-order valence-electron chi connectivity index (χ1n) is 3.76. The zero-order valence-electron chi connectivity index (χ0n) is 7.15. The first kappa shape index (κ1) is 11.7. The van der Waals surface area contributed by atoms with Gasteiger partial charge in [0.2, 0.25) is 0 Å². The maximum Gasteiger partial charge on any atom is 0.0430 e. The molecule has 0 radical (unpaired) electrons. The predicted molar refractivity (Wildman–Crippen MR) is 42.5 cm³/mol. The molecule has 58 valence electrons. The Kier molecular flexibility index (Phi) is 14.1. The summed E-state index contributed by atoms with van der Waals surface area (Å²) in [5.74, 6) is 0.833. The van der Waals surface area contributed by atoms with Gasteiger partial charge in [-0.3, -0.25) is 0 Å². The summed E-state index contributed by atoms with van der Waals surface area (Å²) in [6.45, 7) is 8.90. The largest absolute Gasteiger partial charge is 0.396 e. The number of hydrogen-bond acceptors (Lipinski definition) is 1. The molecular formula is C8H20O. The van der Waals surface area contributed by atoms with Gasteiger partial charge < -0.3 is 5.11 Å². The molecule has 0 aliphatic rings. The summed E-state index contributed by atoms with van der Waals surface area (Å²) in [6, 6.07) is 0. The third-order valence-electron chi connectivity index (χ3n) is 0.512. The molecule has 0 aliphatic heterocycles. The van der Waals surface area contributed by atoms with Crippen molar-refractivity contribution in [2.24, 2.45) is 5.92 Å². The van der Waals surface area contributed by atoms with E-state index in [2.05, 4.69) is 27.7 Å². The Bertz CT molecular complexity index is 28.8. The molecule has 0 unspecified atom stereocenters. The van der Waals surface area contributed by atoms with Gasteiger partial charge in [0, 0.05) is 6.61 Å². The molecule has 0 spiro atoms. The molecule has 0 amide bonds. The average Bonchev–Trinajstić information content (AvgIpc) is 1.66. The Balaban J connectivity index is 0. The van der Waals surface area contributed by atoms with Gasteiger partial charge in [-0.2, -0.15) is 0 Å². The van der Waals surface area contributed by atoms with Crippen molar-refractivity contribution in [1.29, 1.82) is 0 Å². The van der Waals surface area contributed by atoms with Crippen molar-refractivity contribution in [2.45, 2.75) is 40.5 Å². The third kappa shape index (κ3) is 73.6. The average molecular weight is 132 g/mol. The van der Waals surface area contributed by atoms with Crippen LogP contribution in [-0.2, 0) is 0 Å². The maximum absolute atomic E-state index is 8.07. The molecule has 0 aromatic heterocycles. The Hall–Kier alpha value is -0.0400. The molecule has 0 aromatic carbocycles. The molecule has 0 fully saturated rings. The maximum atomic E-state index is 8.07. The first-order valence-corrected chi connectivity index (χ1v) is 3.76. The highest BCUT2D eigenvalue weighted by molar-refractivity contribution is 4.23. The van der Waals surface area contributed by atoms with Crippen LogP contribution in [0, 0.1) is 5.92 Å². The van der Waals surface area contributed by atoms with Crippen molar-refractivity contribution < 1.29 is 5.11 Å². The Labute approximate surface area is 59.1 Å². The van der Waals surface area contributed by atoms with Crippen molar-refractivity contribution in [3.8, 4) is 0 Å². The van der Waals surface area contributed by atoms with Crippen LogP contribution in [-0.4, -0.2) is 11.7 Å². The molecule has 0 heterocycles. The summed E-state index contributed by atoms with van der Waals surface area (Å²) in [4.78, 5) is 0. The van der Waals surface area contributed by atoms with Crippen molar-refractivity contribution >= 4 is 0 Å². The molecule has 0 bridgehead atoms. The monoisotopic (exact) mass is 132 g/mol. The molecule has 1 N–H and O–H groups in total. The fourth-order valence-electron chi connectivity index (χ4n) is 0.158. The second-order valence-electron chi connectivity index (χ2n) is 2.81. The van der Waals surface area contributed by atoms with Crippen molar-refractivity contribution in [3.63, 3.8) is 0 Å². The van der Waals surface area contributed by atoms with E-state index in [0.29, 0.717) is 6.61 Å².